The van der Waals surface area contributed by atoms with Gasteiger partial charge in [-0.25, -0.2) is 4.99 Å². The van der Waals surface area contributed by atoms with Crippen LogP contribution in [0.25, 0.3) is 6.08 Å². The van der Waals surface area contributed by atoms with Crippen LogP contribution < -0.4 is 0 Å². The maximum atomic E-state index is 11.4. The van der Waals surface area contributed by atoms with Crippen molar-refractivity contribution in [3.63, 3.8) is 0 Å². The van der Waals surface area contributed by atoms with E-state index in [-0.39, 0.29) is 5.96 Å². The molecule has 2 aliphatic rings. The largest absolute Gasteiger partial charge is 0.341 e. The number of rotatable bonds is 2. The van der Waals surface area contributed by atoms with Crippen LogP contribution in [0.4, 0.5) is 0 Å². The molecule has 0 fully saturated rings. The summed E-state index contributed by atoms with van der Waals surface area (Å²) < 4.78 is 0. The number of hydrazone groups is 1. The Hall–Kier alpha value is -2.41. The summed E-state index contributed by atoms with van der Waals surface area (Å²) in [7, 11) is 0. The fourth-order valence-corrected chi connectivity index (χ4v) is 2.24. The first-order chi connectivity index (χ1) is 9.15. The van der Waals surface area contributed by atoms with E-state index >= 15 is 0 Å². The first-order valence-corrected chi connectivity index (χ1v) is 6.36. The summed E-state index contributed by atoms with van der Waals surface area (Å²) in [5.74, 6) is -1.57. The number of amides is 2. The van der Waals surface area contributed by atoms with E-state index in [9.17, 15) is 9.59 Å². The maximum absolute atomic E-state index is 11.4. The third-order valence-corrected chi connectivity index (χ3v) is 3.39. The number of hydrogen-bond acceptors (Lipinski definition) is 5. The summed E-state index contributed by atoms with van der Waals surface area (Å²) in [5.41, 5.74) is 1.15. The highest BCUT2D eigenvalue weighted by molar-refractivity contribution is 7.10. The number of thiophene rings is 1. The van der Waals surface area contributed by atoms with Crippen molar-refractivity contribution in [1.82, 2.24) is 5.01 Å². The summed E-state index contributed by atoms with van der Waals surface area (Å²) >= 11 is 1.60. The molecule has 6 nitrogen and oxygen atoms in total. The van der Waals surface area contributed by atoms with Crippen LogP contribution in [0.3, 0.4) is 0 Å². The summed E-state index contributed by atoms with van der Waals surface area (Å²) in [4.78, 5) is 31.4. The lowest BCUT2D eigenvalue weighted by Crippen LogP contribution is -2.34. The molecule has 3 rings (SSSR count). The van der Waals surface area contributed by atoms with Crippen LogP contribution in [0, 0.1) is 0 Å². The van der Waals surface area contributed by atoms with Crippen LogP contribution in [-0.4, -0.2) is 34.2 Å². The highest BCUT2D eigenvalue weighted by Gasteiger charge is 2.36. The molecule has 7 heteroatoms. The van der Waals surface area contributed by atoms with Crippen molar-refractivity contribution in [2.75, 3.05) is 0 Å². The van der Waals surface area contributed by atoms with Gasteiger partial charge in [-0.3, -0.25) is 9.59 Å². The average molecular weight is 272 g/mol. The van der Waals surface area contributed by atoms with Crippen LogP contribution in [0.15, 0.2) is 38.7 Å². The molecule has 0 radical (unpaired) electrons. The van der Waals surface area contributed by atoms with Crippen molar-refractivity contribution in [3.05, 3.63) is 28.5 Å². The summed E-state index contributed by atoms with van der Waals surface area (Å²) in [5, 5.41) is 6.93. The predicted molar refractivity (Wildman–Crippen MR) is 73.2 cm³/mol. The Labute approximate surface area is 112 Å². The molecule has 19 heavy (non-hydrogen) atoms. The molecule has 0 unspecified atom stereocenters. The molecule has 0 N–H and O–H groups in total. The minimum atomic E-state index is -0.834. The van der Waals surface area contributed by atoms with Crippen LogP contribution in [0.5, 0.6) is 0 Å². The number of hydrogen-bond donors (Lipinski definition) is 0. The number of fused-ring (bicyclic) bond motifs is 1. The normalized spacial score (nSPS) is 18.6. The number of carbonyl (C=O) groups excluding carboxylic acids is 2. The minimum absolute atomic E-state index is 0.0337. The van der Waals surface area contributed by atoms with Gasteiger partial charge in [0.2, 0.25) is 0 Å². The average Bonchev–Trinajstić information content (AvgIpc) is 2.98. The standard InChI is InChI=1S/C12H8N4O2S/c1-7-9(5-4-8-3-2-6-19-8)13-12-14-10(17)11(18)16(12)15-7/h2-6H,1H3/b5-4+. The Kier molecular flexibility index (Phi) is 2.68. The molecule has 94 valence electrons. The van der Waals surface area contributed by atoms with E-state index in [1.807, 2.05) is 23.6 Å². The fourth-order valence-electron chi connectivity index (χ4n) is 1.62. The van der Waals surface area contributed by atoms with Crippen molar-refractivity contribution < 1.29 is 9.59 Å². The first kappa shape index (κ1) is 11.7. The quantitative estimate of drug-likeness (QED) is 0.761. The summed E-state index contributed by atoms with van der Waals surface area (Å²) in [6, 6.07) is 3.93. The van der Waals surface area contributed by atoms with E-state index in [1.165, 1.54) is 0 Å². The Bertz CT molecular complexity index is 683. The lowest BCUT2D eigenvalue weighted by Gasteiger charge is -2.15. The zero-order chi connectivity index (χ0) is 13.4. The van der Waals surface area contributed by atoms with Crippen molar-refractivity contribution >= 4 is 46.6 Å². The minimum Gasteiger partial charge on any atom is -0.261 e. The van der Waals surface area contributed by atoms with E-state index in [2.05, 4.69) is 15.1 Å². The van der Waals surface area contributed by atoms with E-state index in [1.54, 1.807) is 24.3 Å². The number of guanidine groups is 1. The van der Waals surface area contributed by atoms with E-state index < -0.39 is 11.8 Å². The van der Waals surface area contributed by atoms with Gasteiger partial charge in [-0.1, -0.05) is 6.07 Å². The van der Waals surface area contributed by atoms with Gasteiger partial charge in [0, 0.05) is 4.88 Å². The van der Waals surface area contributed by atoms with Crippen LogP contribution in [-0.2, 0) is 9.59 Å². The molecule has 1 aromatic rings. The van der Waals surface area contributed by atoms with Gasteiger partial charge < -0.3 is 0 Å². The van der Waals surface area contributed by atoms with Crippen LogP contribution >= 0.6 is 11.3 Å². The number of aliphatic imine (C=N–C) groups is 2. The zero-order valence-corrected chi connectivity index (χ0v) is 10.7. The lowest BCUT2D eigenvalue weighted by atomic mass is 10.2. The van der Waals surface area contributed by atoms with Gasteiger partial charge in [-0.05, 0) is 30.5 Å². The Balaban J connectivity index is 1.91. The van der Waals surface area contributed by atoms with E-state index in [0.29, 0.717) is 11.4 Å². The molecular formula is C12H8N4O2S. The molecule has 0 aliphatic carbocycles. The van der Waals surface area contributed by atoms with Gasteiger partial charge in [0.1, 0.15) is 0 Å². The van der Waals surface area contributed by atoms with Gasteiger partial charge in [-0.2, -0.15) is 15.1 Å². The van der Waals surface area contributed by atoms with Crippen LogP contribution in [0.1, 0.15) is 11.8 Å². The third-order valence-electron chi connectivity index (χ3n) is 2.56. The Morgan fingerprint density at radius 1 is 1.26 bits per heavy atom. The van der Waals surface area contributed by atoms with Crippen molar-refractivity contribution in [1.29, 1.82) is 0 Å². The highest BCUT2D eigenvalue weighted by atomic mass is 32.1. The molecule has 1 aromatic heterocycles. The molecule has 0 spiro atoms. The molecule has 0 saturated heterocycles. The highest BCUT2D eigenvalue weighted by Crippen LogP contribution is 2.14. The first-order valence-electron chi connectivity index (χ1n) is 5.48. The molecule has 0 aromatic carbocycles. The monoisotopic (exact) mass is 272 g/mol. The summed E-state index contributed by atoms with van der Waals surface area (Å²) in [6.45, 7) is 1.73. The van der Waals surface area contributed by atoms with Crippen molar-refractivity contribution in [2.45, 2.75) is 6.92 Å². The number of carbonyl (C=O) groups is 2. The Morgan fingerprint density at radius 2 is 2.11 bits per heavy atom. The number of nitrogens with zero attached hydrogens (tertiary/aromatic N) is 4. The predicted octanol–water partition coefficient (Wildman–Crippen LogP) is 1.32. The topological polar surface area (TPSA) is 74.5 Å². The second kappa shape index (κ2) is 4.36. The second-order valence-corrected chi connectivity index (χ2v) is 4.84. The smallest absolute Gasteiger partial charge is 0.261 e. The third kappa shape index (κ3) is 2.04. The molecule has 3 heterocycles. The SMILES string of the molecule is CC1=NN2C(=O)C(=O)N=C2N=C1/C=C/c1cccs1. The van der Waals surface area contributed by atoms with E-state index in [4.69, 9.17) is 0 Å². The molecule has 0 atom stereocenters. The van der Waals surface area contributed by atoms with Gasteiger partial charge in [-0.15, -0.1) is 11.3 Å². The molecule has 2 aliphatic heterocycles. The Morgan fingerprint density at radius 3 is 2.84 bits per heavy atom. The van der Waals surface area contributed by atoms with Gasteiger partial charge in [0.25, 0.3) is 5.96 Å². The zero-order valence-electron chi connectivity index (χ0n) is 9.90. The lowest BCUT2D eigenvalue weighted by molar-refractivity contribution is -0.139. The molecule has 0 saturated carbocycles. The van der Waals surface area contributed by atoms with Crippen molar-refractivity contribution in [3.8, 4) is 0 Å². The van der Waals surface area contributed by atoms with Crippen LogP contribution in [0.2, 0.25) is 0 Å². The maximum Gasteiger partial charge on any atom is 0.341 e. The fraction of sp³-hybridized carbons (Fsp3) is 0.0833. The van der Waals surface area contributed by atoms with Gasteiger partial charge >= 0.3 is 11.8 Å². The molecule has 0 bridgehead atoms. The van der Waals surface area contributed by atoms with Crippen molar-refractivity contribution in [2.24, 2.45) is 15.1 Å². The molecular weight excluding hydrogens is 264 g/mol. The molecule has 2 amide bonds. The van der Waals surface area contributed by atoms with E-state index in [0.717, 1.165) is 9.89 Å². The van der Waals surface area contributed by atoms with Gasteiger partial charge in [0.15, 0.2) is 0 Å². The van der Waals surface area contributed by atoms with Gasteiger partial charge in [0.05, 0.1) is 11.4 Å². The second-order valence-electron chi connectivity index (χ2n) is 3.87. The number of allylic oxidation sites excluding steroid dienone is 1. The summed E-state index contributed by atoms with van der Waals surface area (Å²) in [6.07, 6.45) is 3.69.